The molecule has 2 N–H and O–H groups in total. The highest BCUT2D eigenvalue weighted by Gasteiger charge is 2.24. The van der Waals surface area contributed by atoms with Gasteiger partial charge in [-0.15, -0.1) is 0 Å². The number of nitrogens with zero attached hydrogens (tertiary/aromatic N) is 2. The predicted molar refractivity (Wildman–Crippen MR) is 74.9 cm³/mol. The van der Waals surface area contributed by atoms with Crippen molar-refractivity contribution in [3.05, 3.63) is 47.3 Å². The summed E-state index contributed by atoms with van der Waals surface area (Å²) in [7, 11) is 0. The molecule has 110 valence electrons. The first kappa shape index (κ1) is 13.7. The molecular weight excluding hydrogens is 271 g/mol. The average molecular weight is 288 g/mol. The van der Waals surface area contributed by atoms with Crippen LogP contribution in [0.1, 0.15) is 42.1 Å². The molecule has 3 rings (SSSR count). The van der Waals surface area contributed by atoms with Crippen molar-refractivity contribution < 1.29 is 9.18 Å². The highest BCUT2D eigenvalue weighted by molar-refractivity contribution is 5.76. The van der Waals surface area contributed by atoms with Crippen LogP contribution in [-0.4, -0.2) is 21.1 Å². The Hall–Kier alpha value is -2.24. The van der Waals surface area contributed by atoms with Crippen molar-refractivity contribution in [3.8, 4) is 0 Å². The van der Waals surface area contributed by atoms with E-state index in [-0.39, 0.29) is 18.3 Å². The fraction of sp³-hybridized carbons (Fsp3) is 0.400. The van der Waals surface area contributed by atoms with Crippen molar-refractivity contribution in [1.82, 2.24) is 20.5 Å². The first-order valence-corrected chi connectivity index (χ1v) is 7.11. The van der Waals surface area contributed by atoms with Crippen LogP contribution >= 0.6 is 0 Å². The zero-order chi connectivity index (χ0) is 14.7. The monoisotopic (exact) mass is 288 g/mol. The maximum Gasteiger partial charge on any atom is 0.220 e. The summed E-state index contributed by atoms with van der Waals surface area (Å²) in [6.45, 7) is 0.224. The number of halogens is 1. The van der Waals surface area contributed by atoms with E-state index in [1.165, 1.54) is 30.8 Å². The summed E-state index contributed by atoms with van der Waals surface area (Å²) in [4.78, 5) is 15.7. The summed E-state index contributed by atoms with van der Waals surface area (Å²) in [5.74, 6) is 0.858. The molecule has 0 atom stereocenters. The van der Waals surface area contributed by atoms with Crippen LogP contribution < -0.4 is 5.32 Å². The third kappa shape index (κ3) is 3.65. The van der Waals surface area contributed by atoms with Gasteiger partial charge in [-0.3, -0.25) is 9.89 Å². The lowest BCUT2D eigenvalue weighted by molar-refractivity contribution is -0.121. The first-order chi connectivity index (χ1) is 10.2. The number of carbonyl (C=O) groups excluding carboxylic acids is 1. The number of rotatable bonds is 6. The normalized spacial score (nSPS) is 14.1. The first-order valence-electron chi connectivity index (χ1n) is 7.11. The quantitative estimate of drug-likeness (QED) is 0.855. The zero-order valence-corrected chi connectivity index (χ0v) is 11.6. The van der Waals surface area contributed by atoms with E-state index in [1.54, 1.807) is 0 Å². The van der Waals surface area contributed by atoms with Crippen LogP contribution in [0.25, 0.3) is 0 Å². The van der Waals surface area contributed by atoms with Gasteiger partial charge in [-0.1, -0.05) is 12.1 Å². The van der Waals surface area contributed by atoms with E-state index in [0.29, 0.717) is 30.1 Å². The topological polar surface area (TPSA) is 70.7 Å². The summed E-state index contributed by atoms with van der Waals surface area (Å²) < 4.78 is 13.7. The van der Waals surface area contributed by atoms with Gasteiger partial charge in [0, 0.05) is 24.9 Å². The molecule has 0 bridgehead atoms. The van der Waals surface area contributed by atoms with Gasteiger partial charge in [0.1, 0.15) is 18.0 Å². The summed E-state index contributed by atoms with van der Waals surface area (Å²) in [5, 5.41) is 9.17. The molecule has 1 saturated carbocycles. The van der Waals surface area contributed by atoms with Gasteiger partial charge in [0.2, 0.25) is 5.91 Å². The van der Waals surface area contributed by atoms with E-state index in [2.05, 4.69) is 20.5 Å². The van der Waals surface area contributed by atoms with Crippen molar-refractivity contribution in [2.75, 3.05) is 0 Å². The predicted octanol–water partition coefficient (Wildman–Crippen LogP) is 2.07. The fourth-order valence-electron chi connectivity index (χ4n) is 2.27. The van der Waals surface area contributed by atoms with Gasteiger partial charge >= 0.3 is 0 Å². The van der Waals surface area contributed by atoms with Crippen molar-refractivity contribution >= 4 is 5.91 Å². The van der Waals surface area contributed by atoms with Crippen LogP contribution in [0.3, 0.4) is 0 Å². The number of aryl methyl sites for hydroxylation is 1. The van der Waals surface area contributed by atoms with Crippen molar-refractivity contribution in [2.45, 2.75) is 38.1 Å². The maximum atomic E-state index is 13.7. The Bertz CT molecular complexity index is 623. The molecule has 1 aliphatic carbocycles. The molecule has 1 aromatic carbocycles. The van der Waals surface area contributed by atoms with Crippen LogP contribution in [0.15, 0.2) is 24.5 Å². The van der Waals surface area contributed by atoms with Crippen LogP contribution in [0.5, 0.6) is 0 Å². The van der Waals surface area contributed by atoms with Crippen molar-refractivity contribution in [2.24, 2.45) is 0 Å². The van der Waals surface area contributed by atoms with E-state index in [1.807, 2.05) is 12.1 Å². The van der Waals surface area contributed by atoms with Gasteiger partial charge in [-0.05, 0) is 30.4 Å². The largest absolute Gasteiger partial charge is 0.352 e. The van der Waals surface area contributed by atoms with Crippen LogP contribution in [0.2, 0.25) is 0 Å². The number of aromatic nitrogens is 3. The minimum absolute atomic E-state index is 0.123. The van der Waals surface area contributed by atoms with Crippen LogP contribution in [0, 0.1) is 5.82 Å². The molecular formula is C15H17FN4O. The molecule has 1 amide bonds. The average Bonchev–Trinajstić information content (AvgIpc) is 3.20. The Labute approximate surface area is 122 Å². The standard InChI is InChI=1S/C15H17FN4O/c16-13-4-3-11(10-1-2-10)7-12(13)8-17-15(21)6-5-14-18-9-19-20-14/h3-4,7,9-10H,1-2,5-6,8H2,(H,17,21)(H,18,19,20). The van der Waals surface area contributed by atoms with Crippen LogP contribution in [0.4, 0.5) is 4.39 Å². The fourth-order valence-corrected chi connectivity index (χ4v) is 2.27. The van der Waals surface area contributed by atoms with Gasteiger partial charge in [0.25, 0.3) is 0 Å². The number of H-pyrrole nitrogens is 1. The molecule has 21 heavy (non-hydrogen) atoms. The molecule has 1 aliphatic rings. The van der Waals surface area contributed by atoms with E-state index in [9.17, 15) is 9.18 Å². The number of amides is 1. The molecule has 0 radical (unpaired) electrons. The Morgan fingerprint density at radius 1 is 1.43 bits per heavy atom. The number of hydrogen-bond donors (Lipinski definition) is 2. The van der Waals surface area contributed by atoms with Gasteiger partial charge in [-0.2, -0.15) is 5.10 Å². The molecule has 6 heteroatoms. The van der Waals surface area contributed by atoms with Gasteiger partial charge in [0.05, 0.1) is 0 Å². The second-order valence-corrected chi connectivity index (χ2v) is 5.33. The van der Waals surface area contributed by atoms with E-state index < -0.39 is 0 Å². The molecule has 1 fully saturated rings. The SMILES string of the molecule is O=C(CCc1ncn[nH]1)NCc1cc(C2CC2)ccc1F. The Balaban J connectivity index is 1.52. The molecule has 1 aromatic heterocycles. The minimum atomic E-state index is -0.269. The Kier molecular flexibility index (Phi) is 3.94. The second kappa shape index (κ2) is 6.03. The molecule has 5 nitrogen and oxygen atoms in total. The second-order valence-electron chi connectivity index (χ2n) is 5.33. The third-order valence-electron chi connectivity index (χ3n) is 3.65. The van der Waals surface area contributed by atoms with E-state index >= 15 is 0 Å². The Morgan fingerprint density at radius 2 is 2.29 bits per heavy atom. The van der Waals surface area contributed by atoms with Crippen LogP contribution in [-0.2, 0) is 17.8 Å². The number of benzene rings is 1. The molecule has 0 aliphatic heterocycles. The number of nitrogens with one attached hydrogen (secondary N) is 2. The number of hydrogen-bond acceptors (Lipinski definition) is 3. The lowest BCUT2D eigenvalue weighted by Gasteiger charge is -2.08. The summed E-state index contributed by atoms with van der Waals surface area (Å²) >= 11 is 0. The maximum absolute atomic E-state index is 13.7. The number of aromatic amines is 1. The lowest BCUT2D eigenvalue weighted by Crippen LogP contribution is -2.23. The summed E-state index contributed by atoms with van der Waals surface area (Å²) in [6.07, 6.45) is 4.56. The Morgan fingerprint density at radius 3 is 3.00 bits per heavy atom. The highest BCUT2D eigenvalue weighted by atomic mass is 19.1. The van der Waals surface area contributed by atoms with Gasteiger partial charge in [-0.25, -0.2) is 9.37 Å². The van der Waals surface area contributed by atoms with E-state index in [4.69, 9.17) is 0 Å². The van der Waals surface area contributed by atoms with E-state index in [0.717, 1.165) is 0 Å². The smallest absolute Gasteiger partial charge is 0.220 e. The molecule has 1 heterocycles. The molecule has 0 spiro atoms. The highest BCUT2D eigenvalue weighted by Crippen LogP contribution is 2.40. The van der Waals surface area contributed by atoms with Gasteiger partial charge < -0.3 is 5.32 Å². The summed E-state index contributed by atoms with van der Waals surface area (Å²) in [6, 6.07) is 5.19. The van der Waals surface area contributed by atoms with Crippen molar-refractivity contribution in [3.63, 3.8) is 0 Å². The minimum Gasteiger partial charge on any atom is -0.352 e. The summed E-state index contributed by atoms with van der Waals surface area (Å²) in [5.41, 5.74) is 1.72. The zero-order valence-electron chi connectivity index (χ0n) is 11.6. The molecule has 2 aromatic rings. The molecule has 0 unspecified atom stereocenters. The molecule has 0 saturated heterocycles. The van der Waals surface area contributed by atoms with Gasteiger partial charge in [0.15, 0.2) is 0 Å². The lowest BCUT2D eigenvalue weighted by atomic mass is 10.1. The number of carbonyl (C=O) groups is 1. The van der Waals surface area contributed by atoms with Crippen molar-refractivity contribution in [1.29, 1.82) is 0 Å². The third-order valence-corrected chi connectivity index (χ3v) is 3.65.